The number of carbonyl (C=O) groups is 3. The van der Waals surface area contributed by atoms with Crippen LogP contribution >= 0.6 is 11.6 Å². The average Bonchev–Trinajstić information content (AvgIpc) is 3.31. The van der Waals surface area contributed by atoms with Crippen LogP contribution < -0.4 is 9.91 Å². The highest BCUT2D eigenvalue weighted by molar-refractivity contribution is 6.53. The molecule has 1 saturated heterocycles. The Hall–Kier alpha value is -3.77. The van der Waals surface area contributed by atoms with Crippen molar-refractivity contribution in [1.29, 1.82) is 0 Å². The molecule has 0 saturated carbocycles. The van der Waals surface area contributed by atoms with E-state index in [0.717, 1.165) is 4.90 Å². The highest BCUT2D eigenvalue weighted by Crippen LogP contribution is 2.38. The Morgan fingerprint density at radius 3 is 2.13 bits per heavy atom. The number of fused-ring (bicyclic) bond motifs is 1. The van der Waals surface area contributed by atoms with Gasteiger partial charge in [-0.1, -0.05) is 66.2 Å². The molecule has 31 heavy (non-hydrogen) atoms. The summed E-state index contributed by atoms with van der Waals surface area (Å²) in [6.07, 6.45) is 0. The van der Waals surface area contributed by atoms with Crippen molar-refractivity contribution in [2.75, 3.05) is 9.91 Å². The number of carbonyl (C=O) groups excluding carboxylic acids is 3. The zero-order chi connectivity index (χ0) is 21.5. The molecular formula is C24H16ClN3O3. The van der Waals surface area contributed by atoms with Gasteiger partial charge in [-0.15, -0.1) is 0 Å². The smallest absolute Gasteiger partial charge is 0.259 e. The number of para-hydroxylation sites is 1. The summed E-state index contributed by atoms with van der Waals surface area (Å²) in [5, 5.41) is 6.36. The largest absolute Gasteiger partial charge is 0.287 e. The van der Waals surface area contributed by atoms with E-state index in [-0.39, 0.29) is 11.5 Å². The van der Waals surface area contributed by atoms with E-state index in [1.807, 2.05) is 18.2 Å². The molecule has 3 aromatic rings. The molecule has 0 N–H and O–H groups in total. The van der Waals surface area contributed by atoms with Gasteiger partial charge in [0.15, 0.2) is 0 Å². The number of anilines is 2. The lowest BCUT2D eigenvalue weighted by molar-refractivity contribution is -0.121. The number of ketones is 1. The van der Waals surface area contributed by atoms with Crippen LogP contribution in [0.3, 0.4) is 0 Å². The van der Waals surface area contributed by atoms with Crippen molar-refractivity contribution in [1.82, 2.24) is 0 Å². The van der Waals surface area contributed by atoms with Crippen molar-refractivity contribution in [3.8, 4) is 0 Å². The van der Waals surface area contributed by atoms with Crippen molar-refractivity contribution in [3.63, 3.8) is 0 Å². The molecule has 6 nitrogen and oxygen atoms in total. The van der Waals surface area contributed by atoms with Crippen molar-refractivity contribution < 1.29 is 14.4 Å². The second-order valence-electron chi connectivity index (χ2n) is 7.27. The van der Waals surface area contributed by atoms with E-state index in [4.69, 9.17) is 11.6 Å². The summed E-state index contributed by atoms with van der Waals surface area (Å²) in [5.41, 5.74) is 1.47. The predicted octanol–water partition coefficient (Wildman–Crippen LogP) is 3.96. The zero-order valence-electron chi connectivity index (χ0n) is 16.2. The predicted molar refractivity (Wildman–Crippen MR) is 118 cm³/mol. The Labute approximate surface area is 183 Å². The molecule has 2 aliphatic rings. The second kappa shape index (κ2) is 7.49. The lowest BCUT2D eigenvalue weighted by Crippen LogP contribution is -2.39. The van der Waals surface area contributed by atoms with Crippen LogP contribution in [0.4, 0.5) is 11.4 Å². The molecule has 1 fully saturated rings. The molecule has 0 aliphatic carbocycles. The fourth-order valence-electron chi connectivity index (χ4n) is 4.00. The first-order valence-corrected chi connectivity index (χ1v) is 10.1. The number of benzene rings is 3. The lowest BCUT2D eigenvalue weighted by Gasteiger charge is -2.22. The maximum absolute atomic E-state index is 13.4. The third kappa shape index (κ3) is 3.12. The Morgan fingerprint density at radius 1 is 0.806 bits per heavy atom. The topological polar surface area (TPSA) is 70.1 Å². The molecule has 5 rings (SSSR count). The summed E-state index contributed by atoms with van der Waals surface area (Å²) in [5.74, 6) is -2.30. The first kappa shape index (κ1) is 19.2. The third-order valence-electron chi connectivity index (χ3n) is 5.40. The van der Waals surface area contributed by atoms with Gasteiger partial charge in [0.1, 0.15) is 17.7 Å². The van der Waals surface area contributed by atoms with Gasteiger partial charge in [0.2, 0.25) is 11.7 Å². The van der Waals surface area contributed by atoms with Crippen molar-refractivity contribution >= 4 is 46.3 Å². The van der Waals surface area contributed by atoms with Crippen molar-refractivity contribution in [3.05, 3.63) is 95.5 Å². The van der Waals surface area contributed by atoms with E-state index >= 15 is 0 Å². The van der Waals surface area contributed by atoms with E-state index in [1.54, 1.807) is 66.7 Å². The summed E-state index contributed by atoms with van der Waals surface area (Å²) < 4.78 is 0. The van der Waals surface area contributed by atoms with E-state index in [9.17, 15) is 14.4 Å². The lowest BCUT2D eigenvalue weighted by atomic mass is 9.92. The molecule has 0 spiro atoms. The highest BCUT2D eigenvalue weighted by Gasteiger charge is 2.58. The molecule has 152 valence electrons. The van der Waals surface area contributed by atoms with Crippen molar-refractivity contribution in [2.24, 2.45) is 11.0 Å². The summed E-state index contributed by atoms with van der Waals surface area (Å²) in [7, 11) is 0. The summed E-state index contributed by atoms with van der Waals surface area (Å²) >= 11 is 6.09. The number of Topliss-reactive ketones (excluding diaryl/α,β-unsaturated/α-hetero) is 1. The van der Waals surface area contributed by atoms with E-state index < -0.39 is 23.8 Å². The molecule has 2 heterocycles. The minimum absolute atomic E-state index is 0.0583. The molecule has 3 aromatic carbocycles. The van der Waals surface area contributed by atoms with Crippen LogP contribution in [0.15, 0.2) is 90.0 Å². The normalized spacial score (nSPS) is 20.1. The third-order valence-corrected chi connectivity index (χ3v) is 5.64. The van der Waals surface area contributed by atoms with Crippen molar-refractivity contribution in [2.45, 2.75) is 6.04 Å². The van der Waals surface area contributed by atoms with Gasteiger partial charge in [-0.25, -0.2) is 4.90 Å². The number of amides is 2. The average molecular weight is 430 g/mol. The van der Waals surface area contributed by atoms with Crippen LogP contribution in [-0.2, 0) is 9.59 Å². The van der Waals surface area contributed by atoms with Crippen LogP contribution in [0.5, 0.6) is 0 Å². The van der Waals surface area contributed by atoms with Gasteiger partial charge in [-0.3, -0.25) is 19.4 Å². The number of hydrogen-bond acceptors (Lipinski definition) is 5. The Balaban J connectivity index is 1.62. The Kier molecular flexibility index (Phi) is 4.64. The first-order valence-electron chi connectivity index (χ1n) is 9.72. The molecule has 2 aliphatic heterocycles. The van der Waals surface area contributed by atoms with Gasteiger partial charge < -0.3 is 0 Å². The number of nitrogens with zero attached hydrogens (tertiary/aromatic N) is 3. The Bertz CT molecular complexity index is 1230. The number of hydrazone groups is 1. The van der Waals surface area contributed by atoms with Gasteiger partial charge in [-0.2, -0.15) is 5.10 Å². The number of hydrogen-bond donors (Lipinski definition) is 0. The van der Waals surface area contributed by atoms with Gasteiger partial charge in [0, 0.05) is 10.6 Å². The van der Waals surface area contributed by atoms with Gasteiger partial charge in [0.05, 0.1) is 11.4 Å². The van der Waals surface area contributed by atoms with Gasteiger partial charge in [-0.05, 0) is 30.3 Å². The fraction of sp³-hybridized carbons (Fsp3) is 0.0833. The van der Waals surface area contributed by atoms with E-state index in [1.165, 1.54) is 5.01 Å². The summed E-state index contributed by atoms with van der Waals surface area (Å²) in [6, 6.07) is 23.3. The number of halogens is 1. The minimum Gasteiger partial charge on any atom is -0.287 e. The number of imide groups is 1. The highest BCUT2D eigenvalue weighted by atomic mass is 35.5. The maximum atomic E-state index is 13.4. The van der Waals surface area contributed by atoms with Crippen LogP contribution in [-0.4, -0.2) is 29.4 Å². The van der Waals surface area contributed by atoms with Crippen LogP contribution in [0.25, 0.3) is 0 Å². The summed E-state index contributed by atoms with van der Waals surface area (Å²) in [4.78, 5) is 41.2. The fourth-order valence-corrected chi connectivity index (χ4v) is 4.19. The standard InChI is InChI=1S/C24H16ClN3O3/c25-16-10-7-13-18(14-16)27-23(30)19-20(22(29)15-8-3-1-4-9-15)26-28(21(19)24(27)31)17-11-5-2-6-12-17/h1-14,19,21H/t19-,21-/m1/s1. The number of rotatable bonds is 4. The second-order valence-corrected chi connectivity index (χ2v) is 7.71. The molecule has 0 unspecified atom stereocenters. The molecule has 0 radical (unpaired) electrons. The van der Waals surface area contributed by atoms with Crippen LogP contribution in [0.2, 0.25) is 5.02 Å². The Morgan fingerprint density at radius 2 is 1.45 bits per heavy atom. The maximum Gasteiger partial charge on any atom is 0.259 e. The molecule has 2 atom stereocenters. The van der Waals surface area contributed by atoms with E-state index in [0.29, 0.717) is 22.0 Å². The quantitative estimate of drug-likeness (QED) is 0.465. The van der Waals surface area contributed by atoms with Crippen LogP contribution in [0.1, 0.15) is 10.4 Å². The monoisotopic (exact) mass is 429 g/mol. The van der Waals surface area contributed by atoms with Gasteiger partial charge >= 0.3 is 0 Å². The molecule has 0 aromatic heterocycles. The minimum atomic E-state index is -1.00. The molecule has 7 heteroatoms. The molecule has 0 bridgehead atoms. The van der Waals surface area contributed by atoms with Crippen LogP contribution in [0, 0.1) is 5.92 Å². The first-order chi connectivity index (χ1) is 15.1. The van der Waals surface area contributed by atoms with E-state index in [2.05, 4.69) is 5.10 Å². The zero-order valence-corrected chi connectivity index (χ0v) is 16.9. The summed E-state index contributed by atoms with van der Waals surface area (Å²) in [6.45, 7) is 0. The molecular weight excluding hydrogens is 414 g/mol. The molecule has 2 amide bonds. The SMILES string of the molecule is O=C(C1=NN(c2ccccc2)[C@H]2C(=O)N(c3cccc(Cl)c3)C(=O)[C@H]12)c1ccccc1. The van der Waals surface area contributed by atoms with Gasteiger partial charge in [0.25, 0.3) is 5.91 Å².